The van der Waals surface area contributed by atoms with Crippen LogP contribution in [0.15, 0.2) is 36.4 Å². The molecule has 0 saturated carbocycles. The molecule has 2 aromatic rings. The number of carboxylic acids is 1. The zero-order valence-corrected chi connectivity index (χ0v) is 15.2. The van der Waals surface area contributed by atoms with E-state index in [0.29, 0.717) is 6.04 Å². The fourth-order valence-electron chi connectivity index (χ4n) is 3.30. The predicted octanol–water partition coefficient (Wildman–Crippen LogP) is 4.03. The van der Waals surface area contributed by atoms with Crippen LogP contribution in [0.5, 0.6) is 0 Å². The average Bonchev–Trinajstić information content (AvgIpc) is 2.53. The van der Waals surface area contributed by atoms with Gasteiger partial charge in [-0.25, -0.2) is 0 Å². The summed E-state index contributed by atoms with van der Waals surface area (Å²) in [5.74, 6) is -0.781. The van der Waals surface area contributed by atoms with Gasteiger partial charge in [-0.2, -0.15) is 0 Å². The molecule has 4 nitrogen and oxygen atoms in total. The third-order valence-electron chi connectivity index (χ3n) is 4.20. The summed E-state index contributed by atoms with van der Waals surface area (Å²) in [4.78, 5) is 10.8. The Bertz CT molecular complexity index is 720. The number of benzene rings is 2. The van der Waals surface area contributed by atoms with E-state index in [0.717, 1.165) is 24.1 Å². The number of carbonyl (C=O) groups is 1. The molecule has 0 amide bonds. The van der Waals surface area contributed by atoms with Crippen LogP contribution in [-0.2, 0) is 17.6 Å². The Morgan fingerprint density at radius 3 is 2.40 bits per heavy atom. The highest BCUT2D eigenvalue weighted by Crippen LogP contribution is 2.33. The summed E-state index contributed by atoms with van der Waals surface area (Å²) in [6, 6.07) is 13.0. The molecule has 0 saturated heterocycles. The Kier molecular flexibility index (Phi) is 6.59. The Balaban J connectivity index is 0.000000701. The fourth-order valence-corrected chi connectivity index (χ4v) is 3.30. The molecule has 0 aliphatic carbocycles. The van der Waals surface area contributed by atoms with Crippen LogP contribution in [0.4, 0.5) is 5.69 Å². The summed E-state index contributed by atoms with van der Waals surface area (Å²) in [6.45, 7) is 6.19. The van der Waals surface area contributed by atoms with E-state index in [4.69, 9.17) is 10.2 Å². The van der Waals surface area contributed by atoms with Gasteiger partial charge in [-0.05, 0) is 56.4 Å². The molecule has 2 aromatic carbocycles. The minimum atomic E-state index is -0.781. The smallest absolute Gasteiger partial charge is 0.307 e. The second-order valence-electron chi connectivity index (χ2n) is 6.53. The van der Waals surface area contributed by atoms with Crippen LogP contribution in [0, 0.1) is 13.8 Å². The average molecular weight is 341 g/mol. The van der Waals surface area contributed by atoms with Crippen molar-refractivity contribution in [2.45, 2.75) is 46.1 Å². The Morgan fingerprint density at radius 2 is 1.80 bits per heavy atom. The maximum Gasteiger partial charge on any atom is 0.307 e. The van der Waals surface area contributed by atoms with Crippen LogP contribution in [0.25, 0.3) is 0 Å². The van der Waals surface area contributed by atoms with E-state index >= 15 is 0 Å². The van der Waals surface area contributed by atoms with Crippen molar-refractivity contribution in [1.29, 1.82) is 0 Å². The number of aliphatic carboxylic acids is 1. The first-order valence-corrected chi connectivity index (χ1v) is 8.72. The van der Waals surface area contributed by atoms with Crippen molar-refractivity contribution in [3.8, 4) is 0 Å². The molecular formula is C21H27NO3. The van der Waals surface area contributed by atoms with Gasteiger partial charge in [0, 0.05) is 12.3 Å². The maximum absolute atomic E-state index is 10.8. The van der Waals surface area contributed by atoms with Crippen LogP contribution in [0.1, 0.15) is 47.2 Å². The molecule has 3 rings (SSSR count). The summed E-state index contributed by atoms with van der Waals surface area (Å²) >= 11 is 0. The molecule has 1 aliphatic rings. The van der Waals surface area contributed by atoms with E-state index in [-0.39, 0.29) is 13.0 Å². The first-order valence-electron chi connectivity index (χ1n) is 8.72. The van der Waals surface area contributed by atoms with E-state index in [1.54, 1.807) is 6.92 Å². The highest BCUT2D eigenvalue weighted by atomic mass is 16.4. The Morgan fingerprint density at radius 1 is 1.16 bits per heavy atom. The van der Waals surface area contributed by atoms with Crippen LogP contribution in [-0.4, -0.2) is 22.8 Å². The molecule has 1 heterocycles. The Hall–Kier alpha value is -2.33. The summed E-state index contributed by atoms with van der Waals surface area (Å²) in [6.07, 6.45) is 2.10. The van der Waals surface area contributed by atoms with Gasteiger partial charge in [0.15, 0.2) is 0 Å². The van der Waals surface area contributed by atoms with E-state index in [1.165, 1.54) is 22.3 Å². The van der Waals surface area contributed by atoms with Crippen molar-refractivity contribution in [2.75, 3.05) is 11.9 Å². The molecule has 4 heteroatoms. The molecule has 0 spiro atoms. The summed E-state index contributed by atoms with van der Waals surface area (Å²) < 4.78 is 0. The van der Waals surface area contributed by atoms with E-state index in [1.807, 2.05) is 18.2 Å². The first-order chi connectivity index (χ1) is 11.9. The van der Waals surface area contributed by atoms with Crippen LogP contribution >= 0.6 is 0 Å². The monoisotopic (exact) mass is 341 g/mol. The number of rotatable bonds is 3. The quantitative estimate of drug-likeness (QED) is 0.788. The molecule has 0 fully saturated rings. The maximum atomic E-state index is 10.8. The molecule has 0 radical (unpaired) electrons. The highest BCUT2D eigenvalue weighted by Gasteiger charge is 2.20. The number of carboxylic acid groups (broad SMARTS) is 1. The number of hydrogen-bond donors (Lipinski definition) is 3. The van der Waals surface area contributed by atoms with Crippen molar-refractivity contribution in [1.82, 2.24) is 0 Å². The summed E-state index contributed by atoms with van der Waals surface area (Å²) in [5.41, 5.74) is 7.14. The molecule has 1 atom stereocenters. The number of hydrogen-bond acceptors (Lipinski definition) is 3. The van der Waals surface area contributed by atoms with Gasteiger partial charge in [0.05, 0.1) is 12.5 Å². The lowest BCUT2D eigenvalue weighted by molar-refractivity contribution is -0.136. The van der Waals surface area contributed by atoms with Crippen LogP contribution < -0.4 is 5.32 Å². The first kappa shape index (κ1) is 19.0. The van der Waals surface area contributed by atoms with Crippen molar-refractivity contribution in [3.05, 3.63) is 64.2 Å². The summed E-state index contributed by atoms with van der Waals surface area (Å²) in [5, 5.41) is 20.1. The zero-order valence-electron chi connectivity index (χ0n) is 15.2. The topological polar surface area (TPSA) is 69.6 Å². The second-order valence-corrected chi connectivity index (χ2v) is 6.53. The van der Waals surface area contributed by atoms with Crippen molar-refractivity contribution in [2.24, 2.45) is 0 Å². The van der Waals surface area contributed by atoms with Gasteiger partial charge in [0.25, 0.3) is 0 Å². The number of aliphatic hydroxyl groups excluding tert-OH is 1. The molecular weight excluding hydrogens is 314 g/mol. The van der Waals surface area contributed by atoms with Gasteiger partial charge in [-0.1, -0.05) is 41.5 Å². The molecule has 134 valence electrons. The molecule has 25 heavy (non-hydrogen) atoms. The third kappa shape index (κ3) is 5.33. The van der Waals surface area contributed by atoms with Gasteiger partial charge in [0.1, 0.15) is 0 Å². The lowest BCUT2D eigenvalue weighted by atomic mass is 9.91. The number of aryl methyl sites for hydroxylation is 3. The number of fused-ring (bicyclic) bond motifs is 1. The number of aliphatic hydroxyl groups is 1. The van der Waals surface area contributed by atoms with Crippen molar-refractivity contribution in [3.63, 3.8) is 0 Å². The minimum Gasteiger partial charge on any atom is -0.481 e. The summed E-state index contributed by atoms with van der Waals surface area (Å²) in [7, 11) is 0. The molecule has 0 unspecified atom stereocenters. The molecule has 0 aromatic heterocycles. The van der Waals surface area contributed by atoms with Crippen molar-refractivity contribution < 1.29 is 15.0 Å². The normalized spacial score (nSPS) is 15.4. The zero-order chi connectivity index (χ0) is 18.4. The highest BCUT2D eigenvalue weighted by molar-refractivity contribution is 5.71. The number of nitrogens with one attached hydrogen (secondary N) is 1. The van der Waals surface area contributed by atoms with Gasteiger partial charge >= 0.3 is 5.97 Å². The van der Waals surface area contributed by atoms with E-state index < -0.39 is 5.97 Å². The third-order valence-corrected chi connectivity index (χ3v) is 4.20. The SMILES string of the molecule is CCO.Cc1cc(C)cc([C@@H]2CCc3cc(CC(=O)O)ccc3N2)c1. The van der Waals surface area contributed by atoms with Gasteiger partial charge in [-0.15, -0.1) is 0 Å². The molecule has 1 aliphatic heterocycles. The lowest BCUT2D eigenvalue weighted by Gasteiger charge is -2.28. The second kappa shape index (κ2) is 8.67. The van der Waals surface area contributed by atoms with Gasteiger partial charge < -0.3 is 15.5 Å². The van der Waals surface area contributed by atoms with Crippen LogP contribution in [0.3, 0.4) is 0 Å². The van der Waals surface area contributed by atoms with Gasteiger partial charge in [-0.3, -0.25) is 4.79 Å². The lowest BCUT2D eigenvalue weighted by Crippen LogP contribution is -2.18. The standard InChI is InChI=1S/C19H21NO2.C2H6O/c1-12-7-13(2)9-16(8-12)18-6-4-15-10-14(11-19(21)22)3-5-17(15)20-18;1-2-3/h3,5,7-10,18,20H,4,6,11H2,1-2H3,(H,21,22);3H,2H2,1H3/t18-;/m0./s1. The van der Waals surface area contributed by atoms with Crippen molar-refractivity contribution >= 4 is 11.7 Å². The fraction of sp³-hybridized carbons (Fsp3) is 0.381. The van der Waals surface area contributed by atoms with Crippen LogP contribution in [0.2, 0.25) is 0 Å². The Labute approximate surface area is 149 Å². The molecule has 3 N–H and O–H groups in total. The molecule has 0 bridgehead atoms. The van der Waals surface area contributed by atoms with Gasteiger partial charge in [0.2, 0.25) is 0 Å². The van der Waals surface area contributed by atoms with E-state index in [9.17, 15) is 4.79 Å². The largest absolute Gasteiger partial charge is 0.481 e. The van der Waals surface area contributed by atoms with E-state index in [2.05, 4.69) is 37.4 Å². The predicted molar refractivity (Wildman–Crippen MR) is 101 cm³/mol. The number of anilines is 1. The minimum absolute atomic E-state index is 0.0911.